The standard InChI is InChI=1S/C23H25ClN4O/c24-19-12-10-18(11-13-19)22-26-20(27-28-22)14-15-25-23(29)21(17-8-4-5-9-17)16-6-2-1-3-7-16/h1-3,6-7,10-13,17,21H,4-5,8-9,14-15H2,(H,25,29)(H,26,27,28). The van der Waals surface area contributed by atoms with E-state index < -0.39 is 0 Å². The molecule has 0 spiro atoms. The third-order valence-electron chi connectivity index (χ3n) is 5.61. The molecule has 1 aliphatic carbocycles. The molecule has 1 aromatic heterocycles. The first-order chi connectivity index (χ1) is 14.2. The highest BCUT2D eigenvalue weighted by Gasteiger charge is 2.31. The van der Waals surface area contributed by atoms with E-state index in [0.717, 1.165) is 29.8 Å². The zero-order valence-electron chi connectivity index (χ0n) is 16.3. The molecule has 6 heteroatoms. The minimum atomic E-state index is -0.0712. The Morgan fingerprint density at radius 3 is 2.55 bits per heavy atom. The van der Waals surface area contributed by atoms with E-state index in [9.17, 15) is 4.79 Å². The summed E-state index contributed by atoms with van der Waals surface area (Å²) in [4.78, 5) is 17.5. The van der Waals surface area contributed by atoms with Gasteiger partial charge in [0.25, 0.3) is 0 Å². The van der Waals surface area contributed by atoms with Crippen LogP contribution >= 0.6 is 11.6 Å². The second-order valence-corrected chi connectivity index (χ2v) is 8.02. The normalized spacial score (nSPS) is 15.3. The smallest absolute Gasteiger partial charge is 0.227 e. The molecule has 1 saturated carbocycles. The molecule has 1 amide bonds. The number of hydrogen-bond acceptors (Lipinski definition) is 3. The number of carbonyl (C=O) groups is 1. The molecule has 29 heavy (non-hydrogen) atoms. The van der Waals surface area contributed by atoms with Gasteiger partial charge in [0.1, 0.15) is 5.82 Å². The Kier molecular flexibility index (Phi) is 6.25. The average Bonchev–Trinajstić information content (AvgIpc) is 3.42. The molecule has 0 bridgehead atoms. The van der Waals surface area contributed by atoms with Gasteiger partial charge < -0.3 is 5.32 Å². The molecule has 1 unspecified atom stereocenters. The molecule has 1 heterocycles. The second-order valence-electron chi connectivity index (χ2n) is 7.59. The zero-order chi connectivity index (χ0) is 20.1. The molecule has 4 rings (SSSR count). The summed E-state index contributed by atoms with van der Waals surface area (Å²) < 4.78 is 0. The molecule has 1 fully saturated rings. The first-order valence-electron chi connectivity index (χ1n) is 10.2. The molecule has 0 radical (unpaired) electrons. The van der Waals surface area contributed by atoms with E-state index in [2.05, 4.69) is 32.6 Å². The average molecular weight is 409 g/mol. The van der Waals surface area contributed by atoms with Crippen LogP contribution < -0.4 is 5.32 Å². The Morgan fingerprint density at radius 1 is 1.10 bits per heavy atom. The summed E-state index contributed by atoms with van der Waals surface area (Å²) in [5, 5.41) is 11.0. The van der Waals surface area contributed by atoms with Gasteiger partial charge in [-0.3, -0.25) is 9.89 Å². The van der Waals surface area contributed by atoms with Crippen molar-refractivity contribution in [3.05, 3.63) is 71.0 Å². The predicted molar refractivity (Wildman–Crippen MR) is 115 cm³/mol. The third kappa shape index (κ3) is 4.85. The maximum Gasteiger partial charge on any atom is 0.227 e. The topological polar surface area (TPSA) is 70.7 Å². The number of benzene rings is 2. The number of carbonyl (C=O) groups excluding carboxylic acids is 1. The van der Waals surface area contributed by atoms with E-state index in [4.69, 9.17) is 11.6 Å². The van der Waals surface area contributed by atoms with Crippen LogP contribution in [0.25, 0.3) is 11.4 Å². The lowest BCUT2D eigenvalue weighted by Crippen LogP contribution is -2.34. The lowest BCUT2D eigenvalue weighted by atomic mass is 9.84. The number of amides is 1. The maximum absolute atomic E-state index is 13.0. The van der Waals surface area contributed by atoms with Crippen LogP contribution in [-0.2, 0) is 11.2 Å². The van der Waals surface area contributed by atoms with E-state index in [1.807, 2.05) is 42.5 Å². The summed E-state index contributed by atoms with van der Waals surface area (Å²) in [5.74, 6) is 1.86. The van der Waals surface area contributed by atoms with Gasteiger partial charge in [0.05, 0.1) is 5.92 Å². The van der Waals surface area contributed by atoms with E-state index in [1.54, 1.807) is 0 Å². The van der Waals surface area contributed by atoms with Crippen LogP contribution in [0.1, 0.15) is 43.0 Å². The summed E-state index contributed by atoms with van der Waals surface area (Å²) in [5.41, 5.74) is 2.02. The van der Waals surface area contributed by atoms with Crippen molar-refractivity contribution in [2.45, 2.75) is 38.0 Å². The fourth-order valence-electron chi connectivity index (χ4n) is 4.14. The van der Waals surface area contributed by atoms with Crippen molar-refractivity contribution in [2.75, 3.05) is 6.54 Å². The van der Waals surface area contributed by atoms with E-state index >= 15 is 0 Å². The Hall–Kier alpha value is -2.66. The maximum atomic E-state index is 13.0. The quantitative estimate of drug-likeness (QED) is 0.592. The Balaban J connectivity index is 1.36. The summed E-state index contributed by atoms with van der Waals surface area (Å²) in [6, 6.07) is 17.6. The number of nitrogens with zero attached hydrogens (tertiary/aromatic N) is 2. The first-order valence-corrected chi connectivity index (χ1v) is 10.6. The highest BCUT2D eigenvalue weighted by molar-refractivity contribution is 6.30. The molecule has 5 nitrogen and oxygen atoms in total. The fourth-order valence-corrected chi connectivity index (χ4v) is 4.26. The third-order valence-corrected chi connectivity index (χ3v) is 5.86. The summed E-state index contributed by atoms with van der Waals surface area (Å²) in [7, 11) is 0. The van der Waals surface area contributed by atoms with Crippen LogP contribution in [0.3, 0.4) is 0 Å². The van der Waals surface area contributed by atoms with Crippen LogP contribution in [0.2, 0.25) is 5.02 Å². The molecule has 1 atom stereocenters. The second kappa shape index (κ2) is 9.23. The van der Waals surface area contributed by atoms with Gasteiger partial charge in [-0.25, -0.2) is 4.98 Å². The largest absolute Gasteiger partial charge is 0.355 e. The van der Waals surface area contributed by atoms with Crippen LogP contribution in [0.5, 0.6) is 0 Å². The molecule has 2 N–H and O–H groups in total. The van der Waals surface area contributed by atoms with Crippen molar-refractivity contribution in [1.29, 1.82) is 0 Å². The van der Waals surface area contributed by atoms with Crippen molar-refractivity contribution in [2.24, 2.45) is 5.92 Å². The fraction of sp³-hybridized carbons (Fsp3) is 0.348. The van der Waals surface area contributed by atoms with Gasteiger partial charge in [-0.2, -0.15) is 5.10 Å². The van der Waals surface area contributed by atoms with E-state index in [1.165, 1.54) is 12.8 Å². The van der Waals surface area contributed by atoms with Crippen LogP contribution in [0.4, 0.5) is 0 Å². The number of nitrogens with one attached hydrogen (secondary N) is 2. The summed E-state index contributed by atoms with van der Waals surface area (Å²) in [6.45, 7) is 0.532. The number of aromatic amines is 1. The molecule has 1 aliphatic rings. The summed E-state index contributed by atoms with van der Waals surface area (Å²) >= 11 is 5.93. The van der Waals surface area contributed by atoms with Gasteiger partial charge in [0, 0.05) is 23.6 Å². The lowest BCUT2D eigenvalue weighted by Gasteiger charge is -2.23. The molecular weight excluding hydrogens is 384 g/mol. The number of H-pyrrole nitrogens is 1. The predicted octanol–water partition coefficient (Wildman–Crippen LogP) is 4.76. The van der Waals surface area contributed by atoms with Crippen LogP contribution in [-0.4, -0.2) is 27.6 Å². The number of hydrogen-bond donors (Lipinski definition) is 2. The van der Waals surface area contributed by atoms with E-state index in [0.29, 0.717) is 29.7 Å². The minimum absolute atomic E-state index is 0.0712. The molecule has 3 aromatic rings. The zero-order valence-corrected chi connectivity index (χ0v) is 17.0. The molecular formula is C23H25ClN4O. The summed E-state index contributed by atoms with van der Waals surface area (Å²) in [6.07, 6.45) is 5.29. The van der Waals surface area contributed by atoms with Crippen molar-refractivity contribution < 1.29 is 4.79 Å². The van der Waals surface area contributed by atoms with Gasteiger partial charge in [-0.05, 0) is 48.6 Å². The van der Waals surface area contributed by atoms with Crippen molar-refractivity contribution in [3.63, 3.8) is 0 Å². The number of aromatic nitrogens is 3. The van der Waals surface area contributed by atoms with Crippen LogP contribution in [0, 0.1) is 5.92 Å². The van der Waals surface area contributed by atoms with E-state index in [-0.39, 0.29) is 11.8 Å². The Bertz CT molecular complexity index is 933. The lowest BCUT2D eigenvalue weighted by molar-refractivity contribution is -0.123. The minimum Gasteiger partial charge on any atom is -0.355 e. The van der Waals surface area contributed by atoms with Crippen molar-refractivity contribution in [1.82, 2.24) is 20.5 Å². The Morgan fingerprint density at radius 2 is 1.83 bits per heavy atom. The highest BCUT2D eigenvalue weighted by Crippen LogP contribution is 2.37. The van der Waals surface area contributed by atoms with Gasteiger partial charge in [0.2, 0.25) is 5.91 Å². The number of halogens is 1. The highest BCUT2D eigenvalue weighted by atomic mass is 35.5. The van der Waals surface area contributed by atoms with Crippen molar-refractivity contribution in [3.8, 4) is 11.4 Å². The van der Waals surface area contributed by atoms with Gasteiger partial charge in [-0.1, -0.05) is 54.8 Å². The van der Waals surface area contributed by atoms with Gasteiger partial charge in [-0.15, -0.1) is 0 Å². The van der Waals surface area contributed by atoms with Gasteiger partial charge >= 0.3 is 0 Å². The van der Waals surface area contributed by atoms with Crippen LogP contribution in [0.15, 0.2) is 54.6 Å². The van der Waals surface area contributed by atoms with Gasteiger partial charge in [0.15, 0.2) is 5.82 Å². The first kappa shape index (κ1) is 19.6. The molecule has 150 valence electrons. The van der Waals surface area contributed by atoms with Crippen molar-refractivity contribution >= 4 is 17.5 Å². The monoisotopic (exact) mass is 408 g/mol. The molecule has 2 aromatic carbocycles. The number of rotatable bonds is 7. The Labute approximate surface area is 175 Å². The molecule has 0 aliphatic heterocycles. The SMILES string of the molecule is O=C(NCCc1nc(-c2ccc(Cl)cc2)n[nH]1)C(c1ccccc1)C1CCCC1. The molecule has 0 saturated heterocycles.